The molecule has 23 heavy (non-hydrogen) atoms. The Balaban J connectivity index is 1.78. The van der Waals surface area contributed by atoms with Crippen molar-refractivity contribution in [3.8, 4) is 12.1 Å². The number of hydrogen-bond donors (Lipinski definition) is 3. The van der Waals surface area contributed by atoms with Gasteiger partial charge in [-0.25, -0.2) is 10.9 Å². The van der Waals surface area contributed by atoms with E-state index in [-0.39, 0.29) is 12.1 Å². The minimum absolute atomic E-state index is 0.0942. The lowest BCUT2D eigenvalue weighted by Crippen LogP contribution is -2.32. The average molecular weight is 301 g/mol. The van der Waals surface area contributed by atoms with Crippen LogP contribution in [0.25, 0.3) is 12.2 Å². The zero-order valence-corrected chi connectivity index (χ0v) is 12.3. The number of nitriles is 2. The molecule has 0 aromatic heterocycles. The Morgan fingerprint density at radius 3 is 2.43 bits per heavy atom. The summed E-state index contributed by atoms with van der Waals surface area (Å²) in [5, 5.41) is 17.9. The van der Waals surface area contributed by atoms with Crippen LogP contribution >= 0.6 is 0 Å². The highest BCUT2D eigenvalue weighted by atomic mass is 15.7. The zero-order chi connectivity index (χ0) is 16.1. The zero-order valence-electron chi connectivity index (χ0n) is 12.3. The van der Waals surface area contributed by atoms with Gasteiger partial charge >= 0.3 is 0 Å². The van der Waals surface area contributed by atoms with E-state index in [0.717, 1.165) is 16.7 Å². The van der Waals surface area contributed by atoms with Gasteiger partial charge < -0.3 is 0 Å². The fraction of sp³-hybridized carbons (Fsp3) is 0.111. The predicted molar refractivity (Wildman–Crippen MR) is 88.1 cm³/mol. The van der Waals surface area contributed by atoms with Crippen LogP contribution < -0.4 is 16.4 Å². The van der Waals surface area contributed by atoms with Gasteiger partial charge in [0.15, 0.2) is 0 Å². The van der Waals surface area contributed by atoms with Crippen molar-refractivity contribution in [2.24, 2.45) is 0 Å². The second-order valence-electron chi connectivity index (χ2n) is 5.24. The molecule has 0 bridgehead atoms. The van der Waals surface area contributed by atoms with Gasteiger partial charge in [-0.05, 0) is 28.8 Å². The van der Waals surface area contributed by atoms with Crippen molar-refractivity contribution in [3.05, 3.63) is 70.8 Å². The molecule has 3 N–H and O–H groups in total. The van der Waals surface area contributed by atoms with Crippen LogP contribution in [0.3, 0.4) is 0 Å². The molecule has 2 aromatic rings. The largest absolute Gasteiger partial charge is 0.234 e. The maximum Gasteiger partial charge on any atom is 0.130 e. The minimum atomic E-state index is -0.312. The summed E-state index contributed by atoms with van der Waals surface area (Å²) in [5.41, 5.74) is 12.5. The summed E-state index contributed by atoms with van der Waals surface area (Å²) in [4.78, 5) is 0. The molecule has 0 amide bonds. The maximum atomic E-state index is 9.13. The third kappa shape index (κ3) is 3.45. The number of nitrogens with zero attached hydrogens (tertiary/aromatic N) is 2. The Hall–Kier alpha value is -2.96. The molecule has 0 spiro atoms. The van der Waals surface area contributed by atoms with E-state index in [0.29, 0.717) is 5.56 Å². The van der Waals surface area contributed by atoms with Gasteiger partial charge in [0.1, 0.15) is 6.04 Å². The molecule has 1 aliphatic rings. The monoisotopic (exact) mass is 301 g/mol. The van der Waals surface area contributed by atoms with Crippen LogP contribution in [0.4, 0.5) is 0 Å². The number of rotatable bonds is 3. The third-order valence-corrected chi connectivity index (χ3v) is 3.71. The van der Waals surface area contributed by atoms with Gasteiger partial charge in [-0.1, -0.05) is 48.6 Å². The van der Waals surface area contributed by atoms with Gasteiger partial charge in [0.2, 0.25) is 0 Å². The van der Waals surface area contributed by atoms with Gasteiger partial charge in [0.25, 0.3) is 0 Å². The standard InChI is InChI=1S/C18H15N5/c19-11-15-8-5-13(6-9-15)4-7-14-2-1-3-16(10-14)18-17(12-20)21-23-22-18/h1-10,17-18,21-23H/b7-4+. The highest BCUT2D eigenvalue weighted by Gasteiger charge is 2.27. The predicted octanol–water partition coefficient (Wildman–Crippen LogP) is 2.27. The maximum absolute atomic E-state index is 9.13. The van der Waals surface area contributed by atoms with Crippen LogP contribution in [-0.2, 0) is 0 Å². The average Bonchev–Trinajstić information content (AvgIpc) is 3.09. The fourth-order valence-corrected chi connectivity index (χ4v) is 2.46. The highest BCUT2D eigenvalue weighted by molar-refractivity contribution is 5.70. The van der Waals surface area contributed by atoms with E-state index in [1.54, 1.807) is 12.1 Å². The summed E-state index contributed by atoms with van der Waals surface area (Å²) in [7, 11) is 0. The molecule has 5 nitrogen and oxygen atoms in total. The normalized spacial score (nSPS) is 20.3. The van der Waals surface area contributed by atoms with Crippen LogP contribution in [0.5, 0.6) is 0 Å². The van der Waals surface area contributed by atoms with E-state index in [9.17, 15) is 0 Å². The Morgan fingerprint density at radius 2 is 1.70 bits per heavy atom. The van der Waals surface area contributed by atoms with E-state index in [1.165, 1.54) is 0 Å². The van der Waals surface area contributed by atoms with Crippen molar-refractivity contribution in [1.29, 1.82) is 10.5 Å². The molecule has 5 heteroatoms. The summed E-state index contributed by atoms with van der Waals surface area (Å²) in [6, 6.07) is 19.4. The number of benzene rings is 2. The molecule has 3 rings (SSSR count). The second kappa shape index (κ2) is 6.87. The summed E-state index contributed by atoms with van der Waals surface area (Å²) in [6.07, 6.45) is 4.02. The van der Waals surface area contributed by atoms with Gasteiger partial charge in [-0.15, -0.1) is 0 Å². The van der Waals surface area contributed by atoms with Crippen molar-refractivity contribution in [3.63, 3.8) is 0 Å². The fourth-order valence-electron chi connectivity index (χ4n) is 2.46. The molecule has 0 aliphatic carbocycles. The molecule has 1 aliphatic heterocycles. The van der Waals surface area contributed by atoms with Crippen molar-refractivity contribution >= 4 is 12.2 Å². The third-order valence-electron chi connectivity index (χ3n) is 3.71. The first kappa shape index (κ1) is 15.0. The highest BCUT2D eigenvalue weighted by Crippen LogP contribution is 2.20. The lowest BCUT2D eigenvalue weighted by molar-refractivity contribution is 0.555. The van der Waals surface area contributed by atoms with Crippen molar-refractivity contribution in [2.45, 2.75) is 12.1 Å². The van der Waals surface area contributed by atoms with Crippen LogP contribution in [-0.4, -0.2) is 6.04 Å². The van der Waals surface area contributed by atoms with E-state index in [1.807, 2.05) is 42.5 Å². The number of nitrogens with one attached hydrogen (secondary N) is 3. The SMILES string of the molecule is N#Cc1ccc(/C=C/c2cccc(C3NNNC3C#N)c2)cc1. The lowest BCUT2D eigenvalue weighted by Gasteiger charge is -2.12. The van der Waals surface area contributed by atoms with Crippen molar-refractivity contribution in [1.82, 2.24) is 16.4 Å². The molecule has 1 saturated heterocycles. The molecule has 1 fully saturated rings. The summed E-state index contributed by atoms with van der Waals surface area (Å²) >= 11 is 0. The van der Waals surface area contributed by atoms with E-state index >= 15 is 0 Å². The van der Waals surface area contributed by atoms with E-state index in [4.69, 9.17) is 10.5 Å². The quantitative estimate of drug-likeness (QED) is 0.757. The molecule has 112 valence electrons. The first-order chi connectivity index (χ1) is 11.3. The van der Waals surface area contributed by atoms with Crippen LogP contribution in [0.2, 0.25) is 0 Å². The van der Waals surface area contributed by atoms with E-state index < -0.39 is 0 Å². The molecule has 2 atom stereocenters. The Kier molecular flexibility index (Phi) is 4.46. The molecule has 1 heterocycles. The van der Waals surface area contributed by atoms with Crippen LogP contribution in [0.1, 0.15) is 28.3 Å². The van der Waals surface area contributed by atoms with Crippen molar-refractivity contribution in [2.75, 3.05) is 0 Å². The minimum Gasteiger partial charge on any atom is -0.234 e. The molecule has 2 aromatic carbocycles. The Morgan fingerprint density at radius 1 is 0.913 bits per heavy atom. The molecule has 0 radical (unpaired) electrons. The Labute approximate surface area is 134 Å². The number of hydrogen-bond acceptors (Lipinski definition) is 5. The smallest absolute Gasteiger partial charge is 0.130 e. The first-order valence-electron chi connectivity index (χ1n) is 7.24. The lowest BCUT2D eigenvalue weighted by atomic mass is 9.99. The van der Waals surface area contributed by atoms with Gasteiger partial charge in [-0.2, -0.15) is 16.1 Å². The second-order valence-corrected chi connectivity index (χ2v) is 5.24. The molecule has 0 saturated carbocycles. The summed E-state index contributed by atoms with van der Waals surface area (Å²) in [6.45, 7) is 0. The van der Waals surface area contributed by atoms with Crippen LogP contribution in [0, 0.1) is 22.7 Å². The summed E-state index contributed by atoms with van der Waals surface area (Å²) < 4.78 is 0. The van der Waals surface area contributed by atoms with Gasteiger partial charge in [0.05, 0.1) is 23.7 Å². The molecule has 2 unspecified atom stereocenters. The molecular formula is C18H15N5. The summed E-state index contributed by atoms with van der Waals surface area (Å²) in [5.74, 6) is 0. The van der Waals surface area contributed by atoms with E-state index in [2.05, 4.69) is 34.6 Å². The van der Waals surface area contributed by atoms with Crippen LogP contribution in [0.15, 0.2) is 48.5 Å². The molecular weight excluding hydrogens is 286 g/mol. The first-order valence-corrected chi connectivity index (χ1v) is 7.24. The van der Waals surface area contributed by atoms with Crippen molar-refractivity contribution < 1.29 is 0 Å². The Bertz CT molecular complexity index is 795. The van der Waals surface area contributed by atoms with Gasteiger partial charge in [0, 0.05) is 0 Å². The number of hydrazine groups is 2. The topological polar surface area (TPSA) is 83.7 Å². The van der Waals surface area contributed by atoms with Gasteiger partial charge in [-0.3, -0.25) is 0 Å².